The molecule has 3 rings (SSSR count). The molecule has 1 aliphatic rings. The summed E-state index contributed by atoms with van der Waals surface area (Å²) in [5.74, 6) is 0. The fraction of sp³-hybridized carbons (Fsp3) is 0.400. The van der Waals surface area contributed by atoms with Crippen molar-refractivity contribution in [1.29, 1.82) is 0 Å². The summed E-state index contributed by atoms with van der Waals surface area (Å²) in [7, 11) is 0. The van der Waals surface area contributed by atoms with Gasteiger partial charge in [0.05, 0.1) is 10.6 Å². The molecule has 0 N–H and O–H groups in total. The number of halogens is 3. The Balaban J connectivity index is 2.05. The van der Waals surface area contributed by atoms with Gasteiger partial charge in [0.15, 0.2) is 6.23 Å². The minimum absolute atomic E-state index is 0.208. The molecule has 6 nitrogen and oxygen atoms in total. The van der Waals surface area contributed by atoms with E-state index in [4.69, 9.17) is 4.74 Å². The predicted molar refractivity (Wildman–Crippen MR) is 78.2 cm³/mol. The van der Waals surface area contributed by atoms with Gasteiger partial charge in [-0.25, -0.2) is 4.68 Å². The molecule has 2 aromatic rings. The first-order valence-electron chi connectivity index (χ1n) is 7.39. The molecule has 1 aliphatic heterocycles. The van der Waals surface area contributed by atoms with Gasteiger partial charge in [0.1, 0.15) is 5.56 Å². The first-order chi connectivity index (χ1) is 11.4. The van der Waals surface area contributed by atoms with Crippen molar-refractivity contribution in [3.8, 4) is 11.3 Å². The van der Waals surface area contributed by atoms with E-state index >= 15 is 0 Å². The Morgan fingerprint density at radius 1 is 1.29 bits per heavy atom. The van der Waals surface area contributed by atoms with Crippen molar-refractivity contribution in [2.24, 2.45) is 0 Å². The van der Waals surface area contributed by atoms with E-state index in [2.05, 4.69) is 5.10 Å². The van der Waals surface area contributed by atoms with Crippen molar-refractivity contribution < 1.29 is 22.8 Å². The van der Waals surface area contributed by atoms with Crippen LogP contribution in [0.5, 0.6) is 0 Å². The summed E-state index contributed by atoms with van der Waals surface area (Å²) >= 11 is 0. The van der Waals surface area contributed by atoms with Crippen LogP contribution in [0.15, 0.2) is 30.5 Å². The molecule has 128 valence electrons. The zero-order valence-electron chi connectivity index (χ0n) is 12.5. The van der Waals surface area contributed by atoms with Crippen LogP contribution in [0, 0.1) is 10.1 Å². The fourth-order valence-corrected chi connectivity index (χ4v) is 2.77. The smallest absolute Gasteiger partial charge is 0.356 e. The number of nitrogens with zero attached hydrogens (tertiary/aromatic N) is 3. The quantitative estimate of drug-likeness (QED) is 0.620. The number of hydrogen-bond donors (Lipinski definition) is 0. The van der Waals surface area contributed by atoms with Crippen molar-refractivity contribution in [3.05, 3.63) is 46.1 Å². The standard InChI is InChI=1S/C15H14F3N3O3/c16-15(17,18)11-9-10(4-5-13(11)21(22)23)12-6-7-19-20(12)14-3-1-2-8-24-14/h4-7,9,14H,1-3,8H2. The summed E-state index contributed by atoms with van der Waals surface area (Å²) in [6, 6.07) is 4.52. The molecule has 1 atom stereocenters. The lowest BCUT2D eigenvalue weighted by Gasteiger charge is -2.24. The molecule has 9 heteroatoms. The number of aromatic nitrogens is 2. The minimum Gasteiger partial charge on any atom is -0.356 e. The lowest BCUT2D eigenvalue weighted by atomic mass is 10.1. The van der Waals surface area contributed by atoms with E-state index in [1.165, 1.54) is 16.9 Å². The molecule has 1 unspecified atom stereocenters. The van der Waals surface area contributed by atoms with Crippen molar-refractivity contribution in [3.63, 3.8) is 0 Å². The van der Waals surface area contributed by atoms with Crippen LogP contribution in [-0.2, 0) is 10.9 Å². The molecule has 0 aliphatic carbocycles. The highest BCUT2D eigenvalue weighted by Crippen LogP contribution is 2.39. The number of alkyl halides is 3. The fourth-order valence-electron chi connectivity index (χ4n) is 2.77. The van der Waals surface area contributed by atoms with Gasteiger partial charge in [0.25, 0.3) is 5.69 Å². The van der Waals surface area contributed by atoms with Gasteiger partial charge < -0.3 is 4.74 Å². The summed E-state index contributed by atoms with van der Waals surface area (Å²) < 4.78 is 46.5. The van der Waals surface area contributed by atoms with Crippen LogP contribution in [0.4, 0.5) is 18.9 Å². The molecule has 0 spiro atoms. The van der Waals surface area contributed by atoms with Crippen LogP contribution in [0.2, 0.25) is 0 Å². The van der Waals surface area contributed by atoms with Gasteiger partial charge in [0.2, 0.25) is 0 Å². The zero-order valence-corrected chi connectivity index (χ0v) is 12.5. The van der Waals surface area contributed by atoms with Crippen molar-refractivity contribution in [2.75, 3.05) is 6.61 Å². The van der Waals surface area contributed by atoms with E-state index in [9.17, 15) is 23.3 Å². The summed E-state index contributed by atoms with van der Waals surface area (Å²) in [4.78, 5) is 9.81. The van der Waals surface area contributed by atoms with Crippen LogP contribution >= 0.6 is 0 Å². The zero-order chi connectivity index (χ0) is 17.3. The Kier molecular flexibility index (Phi) is 4.27. The van der Waals surface area contributed by atoms with Crippen LogP contribution in [0.1, 0.15) is 31.1 Å². The van der Waals surface area contributed by atoms with Gasteiger partial charge >= 0.3 is 6.18 Å². The van der Waals surface area contributed by atoms with Gasteiger partial charge in [0, 0.05) is 24.4 Å². The number of rotatable bonds is 3. The highest BCUT2D eigenvalue weighted by molar-refractivity contribution is 5.64. The summed E-state index contributed by atoms with van der Waals surface area (Å²) in [6.45, 7) is 0.567. The maximum Gasteiger partial charge on any atom is 0.423 e. The van der Waals surface area contributed by atoms with Gasteiger partial charge in [-0.2, -0.15) is 18.3 Å². The largest absolute Gasteiger partial charge is 0.423 e. The van der Waals surface area contributed by atoms with Crippen LogP contribution < -0.4 is 0 Å². The average molecular weight is 341 g/mol. The van der Waals surface area contributed by atoms with E-state index in [1.54, 1.807) is 6.07 Å². The lowest BCUT2D eigenvalue weighted by Crippen LogP contribution is -2.20. The molecule has 2 heterocycles. The molecule has 0 amide bonds. The van der Waals surface area contributed by atoms with Crippen molar-refractivity contribution in [2.45, 2.75) is 31.7 Å². The van der Waals surface area contributed by atoms with Crippen molar-refractivity contribution in [1.82, 2.24) is 9.78 Å². The third kappa shape index (κ3) is 3.12. The van der Waals surface area contributed by atoms with E-state index in [0.717, 1.165) is 25.0 Å². The number of hydrogen-bond acceptors (Lipinski definition) is 4. The normalized spacial score (nSPS) is 18.5. The molecule has 1 saturated heterocycles. The molecule has 24 heavy (non-hydrogen) atoms. The Morgan fingerprint density at radius 2 is 2.08 bits per heavy atom. The Morgan fingerprint density at radius 3 is 2.71 bits per heavy atom. The minimum atomic E-state index is -4.81. The predicted octanol–water partition coefficient (Wildman–Crippen LogP) is 4.18. The molecular weight excluding hydrogens is 327 g/mol. The SMILES string of the molecule is O=[N+]([O-])c1ccc(-c2ccnn2C2CCCCO2)cc1C(F)(F)F. The molecule has 0 saturated carbocycles. The van der Waals surface area contributed by atoms with E-state index in [0.29, 0.717) is 18.7 Å². The molecule has 1 aromatic heterocycles. The first-order valence-corrected chi connectivity index (χ1v) is 7.39. The second-order valence-electron chi connectivity index (χ2n) is 5.47. The Labute approximate surface area is 135 Å². The highest BCUT2D eigenvalue weighted by Gasteiger charge is 2.38. The number of nitro groups is 1. The number of benzene rings is 1. The molecule has 0 bridgehead atoms. The third-order valence-corrected chi connectivity index (χ3v) is 3.89. The Hall–Kier alpha value is -2.42. The third-order valence-electron chi connectivity index (χ3n) is 3.89. The lowest BCUT2D eigenvalue weighted by molar-refractivity contribution is -0.388. The second-order valence-corrected chi connectivity index (χ2v) is 5.47. The van der Waals surface area contributed by atoms with Gasteiger partial charge in [-0.1, -0.05) is 0 Å². The summed E-state index contributed by atoms with van der Waals surface area (Å²) in [5.41, 5.74) is -1.60. The topological polar surface area (TPSA) is 70.2 Å². The van der Waals surface area contributed by atoms with Crippen LogP contribution in [-0.4, -0.2) is 21.3 Å². The van der Waals surface area contributed by atoms with Gasteiger partial charge in [-0.3, -0.25) is 10.1 Å². The molecule has 1 fully saturated rings. The van der Waals surface area contributed by atoms with E-state index in [1.807, 2.05) is 0 Å². The highest BCUT2D eigenvalue weighted by atomic mass is 19.4. The number of ether oxygens (including phenoxy) is 1. The molecule has 0 radical (unpaired) electrons. The first kappa shape index (κ1) is 16.4. The van der Waals surface area contributed by atoms with Crippen LogP contribution in [0.3, 0.4) is 0 Å². The van der Waals surface area contributed by atoms with Gasteiger partial charge in [-0.05, 0) is 37.5 Å². The molecular formula is C15H14F3N3O3. The number of nitro benzene ring substituents is 1. The monoisotopic (exact) mass is 341 g/mol. The van der Waals surface area contributed by atoms with Gasteiger partial charge in [-0.15, -0.1) is 0 Å². The maximum absolute atomic E-state index is 13.1. The average Bonchev–Trinajstić information content (AvgIpc) is 3.04. The Bertz CT molecular complexity index is 752. The second kappa shape index (κ2) is 6.23. The molecule has 1 aromatic carbocycles. The van der Waals surface area contributed by atoms with E-state index < -0.39 is 22.4 Å². The van der Waals surface area contributed by atoms with Crippen LogP contribution in [0.25, 0.3) is 11.3 Å². The van der Waals surface area contributed by atoms with E-state index in [-0.39, 0.29) is 11.8 Å². The summed E-state index contributed by atoms with van der Waals surface area (Å²) in [6.07, 6.45) is -1.09. The maximum atomic E-state index is 13.1. The van der Waals surface area contributed by atoms with Crippen molar-refractivity contribution >= 4 is 5.69 Å². The summed E-state index contributed by atoms with van der Waals surface area (Å²) in [5, 5.41) is 15.0.